The fraction of sp³-hybridized carbons (Fsp3) is 0.133. The molecule has 0 aliphatic carbocycles. The molecule has 2 aromatic rings. The number of nitrogens with one attached hydrogen (secondary N) is 1. The van der Waals surface area contributed by atoms with E-state index in [4.69, 9.17) is 10.5 Å². The zero-order valence-electron chi connectivity index (χ0n) is 11.0. The van der Waals surface area contributed by atoms with Crippen LogP contribution in [0.5, 0.6) is 5.75 Å². The molecule has 0 saturated carbocycles. The number of carbonyl (C=O) groups excluding carboxylic acids is 1. The van der Waals surface area contributed by atoms with Crippen molar-refractivity contribution in [2.24, 2.45) is 0 Å². The number of benzene rings is 2. The summed E-state index contributed by atoms with van der Waals surface area (Å²) in [7, 11) is 0. The molecule has 5 heteroatoms. The Morgan fingerprint density at radius 2 is 1.95 bits per heavy atom. The van der Waals surface area contributed by atoms with Gasteiger partial charge in [-0.1, -0.05) is 17.7 Å². The van der Waals surface area contributed by atoms with Crippen LogP contribution < -0.4 is 15.8 Å². The third kappa shape index (κ3) is 3.71. The van der Waals surface area contributed by atoms with Gasteiger partial charge >= 0.3 is 0 Å². The Balaban J connectivity index is 1.88. The van der Waals surface area contributed by atoms with Crippen molar-refractivity contribution in [2.45, 2.75) is 6.92 Å². The smallest absolute Gasteiger partial charge is 0.262 e. The lowest BCUT2D eigenvalue weighted by molar-refractivity contribution is -0.118. The molecule has 1 amide bonds. The average molecular weight is 274 g/mol. The molecule has 0 radical (unpaired) electrons. The lowest BCUT2D eigenvalue weighted by Crippen LogP contribution is -2.20. The van der Waals surface area contributed by atoms with E-state index in [1.807, 2.05) is 19.1 Å². The number of hydrogen-bond acceptors (Lipinski definition) is 3. The minimum Gasteiger partial charge on any atom is -0.484 e. The zero-order chi connectivity index (χ0) is 14.5. The van der Waals surface area contributed by atoms with Gasteiger partial charge in [0.25, 0.3) is 5.91 Å². The zero-order valence-corrected chi connectivity index (χ0v) is 11.0. The summed E-state index contributed by atoms with van der Waals surface area (Å²) in [5.41, 5.74) is 7.19. The molecule has 20 heavy (non-hydrogen) atoms. The number of nitrogen functional groups attached to an aromatic ring is 1. The first kappa shape index (κ1) is 13.9. The molecule has 0 spiro atoms. The molecule has 0 atom stereocenters. The molecule has 0 saturated heterocycles. The van der Waals surface area contributed by atoms with Crippen molar-refractivity contribution in [3.05, 3.63) is 53.8 Å². The normalized spacial score (nSPS) is 10.1. The highest BCUT2D eigenvalue weighted by molar-refractivity contribution is 5.91. The fourth-order valence-corrected chi connectivity index (χ4v) is 1.58. The highest BCUT2D eigenvalue weighted by atomic mass is 19.1. The van der Waals surface area contributed by atoms with Crippen LogP contribution in [0.1, 0.15) is 5.56 Å². The van der Waals surface area contributed by atoms with Gasteiger partial charge in [-0.15, -0.1) is 0 Å². The number of anilines is 2. The van der Waals surface area contributed by atoms with Gasteiger partial charge in [-0.2, -0.15) is 0 Å². The van der Waals surface area contributed by atoms with Crippen LogP contribution in [0.4, 0.5) is 15.8 Å². The van der Waals surface area contributed by atoms with E-state index in [1.165, 1.54) is 12.1 Å². The molecular weight excluding hydrogens is 259 g/mol. The molecule has 0 heterocycles. The van der Waals surface area contributed by atoms with Crippen LogP contribution in [0.3, 0.4) is 0 Å². The average Bonchev–Trinajstić information content (AvgIpc) is 2.43. The highest BCUT2D eigenvalue weighted by Gasteiger charge is 2.05. The summed E-state index contributed by atoms with van der Waals surface area (Å²) in [6.07, 6.45) is 0. The second kappa shape index (κ2) is 6.06. The molecule has 2 aromatic carbocycles. The molecule has 0 aromatic heterocycles. The summed E-state index contributed by atoms with van der Waals surface area (Å²) in [4.78, 5) is 11.7. The Morgan fingerprint density at radius 1 is 1.25 bits per heavy atom. The summed E-state index contributed by atoms with van der Waals surface area (Å²) in [5, 5.41) is 2.68. The lowest BCUT2D eigenvalue weighted by atomic mass is 10.2. The molecular formula is C15H15FN2O2. The maximum atomic E-state index is 13.2. The molecule has 0 unspecified atom stereocenters. The topological polar surface area (TPSA) is 64.3 Å². The number of rotatable bonds is 4. The van der Waals surface area contributed by atoms with Crippen LogP contribution in [0.15, 0.2) is 42.5 Å². The Labute approximate surface area is 116 Å². The number of amides is 1. The van der Waals surface area contributed by atoms with E-state index in [1.54, 1.807) is 12.1 Å². The van der Waals surface area contributed by atoms with E-state index in [0.717, 1.165) is 11.6 Å². The van der Waals surface area contributed by atoms with Crippen molar-refractivity contribution in [3.63, 3.8) is 0 Å². The number of aryl methyl sites for hydroxylation is 1. The summed E-state index contributed by atoms with van der Waals surface area (Å²) in [6, 6.07) is 11.4. The van der Waals surface area contributed by atoms with Gasteiger partial charge < -0.3 is 15.8 Å². The Kier molecular flexibility index (Phi) is 4.20. The predicted octanol–water partition coefficient (Wildman–Crippen LogP) is 2.73. The van der Waals surface area contributed by atoms with Crippen LogP contribution in [-0.4, -0.2) is 12.5 Å². The first-order valence-corrected chi connectivity index (χ1v) is 6.09. The monoisotopic (exact) mass is 274 g/mol. The van der Waals surface area contributed by atoms with Crippen LogP contribution in [-0.2, 0) is 4.79 Å². The van der Waals surface area contributed by atoms with Crippen molar-refractivity contribution >= 4 is 17.3 Å². The quantitative estimate of drug-likeness (QED) is 0.842. The Hall–Kier alpha value is -2.56. The van der Waals surface area contributed by atoms with E-state index in [9.17, 15) is 9.18 Å². The van der Waals surface area contributed by atoms with Crippen molar-refractivity contribution < 1.29 is 13.9 Å². The van der Waals surface area contributed by atoms with Crippen molar-refractivity contribution in [1.82, 2.24) is 0 Å². The van der Waals surface area contributed by atoms with Crippen molar-refractivity contribution in [1.29, 1.82) is 0 Å². The minimum absolute atomic E-state index is 0.0430. The number of hydrogen-bond donors (Lipinski definition) is 2. The summed E-state index contributed by atoms with van der Waals surface area (Å²) in [5.74, 6) is -0.622. The number of ether oxygens (including phenoxy) is 1. The van der Waals surface area contributed by atoms with Gasteiger partial charge in [-0.05, 0) is 31.2 Å². The van der Waals surface area contributed by atoms with E-state index >= 15 is 0 Å². The van der Waals surface area contributed by atoms with Crippen LogP contribution in [0.2, 0.25) is 0 Å². The molecule has 2 rings (SSSR count). The largest absolute Gasteiger partial charge is 0.484 e. The standard InChI is InChI=1S/C15H15FN2O2/c1-10-2-4-11(5-3-10)18-15(19)9-20-12-6-7-14(17)13(16)8-12/h2-8H,9,17H2,1H3,(H,18,19). The van der Waals surface area contributed by atoms with E-state index < -0.39 is 5.82 Å². The summed E-state index contributed by atoms with van der Waals surface area (Å²) < 4.78 is 18.4. The van der Waals surface area contributed by atoms with E-state index in [2.05, 4.69) is 5.32 Å². The summed E-state index contributed by atoms with van der Waals surface area (Å²) >= 11 is 0. The number of nitrogens with two attached hydrogens (primary N) is 1. The highest BCUT2D eigenvalue weighted by Crippen LogP contribution is 2.18. The van der Waals surface area contributed by atoms with Crippen molar-refractivity contribution in [2.75, 3.05) is 17.7 Å². The van der Waals surface area contributed by atoms with Gasteiger partial charge in [-0.25, -0.2) is 4.39 Å². The maximum Gasteiger partial charge on any atom is 0.262 e. The maximum absolute atomic E-state index is 13.2. The molecule has 0 aliphatic heterocycles. The Bertz CT molecular complexity index is 612. The van der Waals surface area contributed by atoms with Crippen LogP contribution >= 0.6 is 0 Å². The van der Waals surface area contributed by atoms with Crippen LogP contribution in [0, 0.1) is 12.7 Å². The third-order valence-electron chi connectivity index (χ3n) is 2.68. The fourth-order valence-electron chi connectivity index (χ4n) is 1.58. The van der Waals surface area contributed by atoms with Gasteiger partial charge in [-0.3, -0.25) is 4.79 Å². The molecule has 104 valence electrons. The SMILES string of the molecule is Cc1ccc(NC(=O)COc2ccc(N)c(F)c2)cc1. The Morgan fingerprint density at radius 3 is 2.60 bits per heavy atom. The number of carbonyl (C=O) groups is 1. The second-order valence-corrected chi connectivity index (χ2v) is 4.39. The van der Waals surface area contributed by atoms with Gasteiger partial charge in [0.15, 0.2) is 6.61 Å². The lowest BCUT2D eigenvalue weighted by Gasteiger charge is -2.08. The summed E-state index contributed by atoms with van der Waals surface area (Å²) in [6.45, 7) is 1.77. The molecule has 4 nitrogen and oxygen atoms in total. The third-order valence-corrected chi connectivity index (χ3v) is 2.68. The molecule has 3 N–H and O–H groups in total. The molecule has 0 fully saturated rings. The predicted molar refractivity (Wildman–Crippen MR) is 76.1 cm³/mol. The molecule has 0 bridgehead atoms. The van der Waals surface area contributed by atoms with E-state index in [-0.39, 0.29) is 24.0 Å². The van der Waals surface area contributed by atoms with E-state index in [0.29, 0.717) is 5.69 Å². The van der Waals surface area contributed by atoms with Crippen molar-refractivity contribution in [3.8, 4) is 5.75 Å². The van der Waals surface area contributed by atoms with Gasteiger partial charge in [0.05, 0.1) is 5.69 Å². The van der Waals surface area contributed by atoms with Crippen LogP contribution in [0.25, 0.3) is 0 Å². The first-order valence-electron chi connectivity index (χ1n) is 6.09. The minimum atomic E-state index is -0.568. The number of halogens is 1. The molecule has 0 aliphatic rings. The van der Waals surface area contributed by atoms with Gasteiger partial charge in [0, 0.05) is 11.8 Å². The first-order chi connectivity index (χ1) is 9.54. The second-order valence-electron chi connectivity index (χ2n) is 4.39. The van der Waals surface area contributed by atoms with Gasteiger partial charge in [0.2, 0.25) is 0 Å². The van der Waals surface area contributed by atoms with Gasteiger partial charge in [0.1, 0.15) is 11.6 Å².